The van der Waals surface area contributed by atoms with Crippen LogP contribution in [-0.2, 0) is 4.79 Å². The van der Waals surface area contributed by atoms with E-state index in [1.165, 1.54) is 34.4 Å². The summed E-state index contributed by atoms with van der Waals surface area (Å²) in [5.74, 6) is 5.91. The molecule has 2 heterocycles. The summed E-state index contributed by atoms with van der Waals surface area (Å²) < 4.78 is 1.17. The highest BCUT2D eigenvalue weighted by Crippen LogP contribution is 2.19. The highest BCUT2D eigenvalue weighted by molar-refractivity contribution is 7.99. The molecule has 0 aliphatic heterocycles. The molecule has 1 aromatic carbocycles. The molecular formula is C15H15N9O3S2. The number of carbonyl (C=O) groups is 1. The first-order valence-corrected chi connectivity index (χ1v) is 9.87. The van der Waals surface area contributed by atoms with Crippen LogP contribution in [0.25, 0.3) is 0 Å². The van der Waals surface area contributed by atoms with E-state index in [-0.39, 0.29) is 23.3 Å². The van der Waals surface area contributed by atoms with E-state index >= 15 is 0 Å². The summed E-state index contributed by atoms with van der Waals surface area (Å²) in [6.07, 6.45) is 1.45. The number of nitrogen functional groups attached to an aromatic ring is 1. The Hall–Kier alpha value is -3.52. The molecular weight excluding hydrogens is 418 g/mol. The average molecular weight is 433 g/mol. The van der Waals surface area contributed by atoms with Crippen LogP contribution in [0.15, 0.2) is 39.9 Å². The van der Waals surface area contributed by atoms with Gasteiger partial charge < -0.3 is 11.2 Å². The van der Waals surface area contributed by atoms with Crippen molar-refractivity contribution in [3.05, 3.63) is 51.0 Å². The van der Waals surface area contributed by atoms with Crippen LogP contribution in [0.4, 0.5) is 16.8 Å². The molecule has 4 N–H and O–H groups in total. The number of hydrogen-bond donors (Lipinski definition) is 3. The number of hydrazone groups is 1. The second kappa shape index (κ2) is 9.11. The molecule has 3 aromatic rings. The fourth-order valence-electron chi connectivity index (χ4n) is 2.00. The largest absolute Gasteiger partial charge is 0.334 e. The van der Waals surface area contributed by atoms with Gasteiger partial charge in [-0.05, 0) is 24.6 Å². The average Bonchev–Trinajstić information content (AvgIpc) is 3.26. The van der Waals surface area contributed by atoms with Crippen LogP contribution in [-0.4, -0.2) is 42.7 Å². The highest BCUT2D eigenvalue weighted by Gasteiger charge is 2.13. The quantitative estimate of drug-likeness (QED) is 0.158. The van der Waals surface area contributed by atoms with Crippen molar-refractivity contribution in [1.82, 2.24) is 19.9 Å². The molecule has 0 saturated carbocycles. The lowest BCUT2D eigenvalue weighted by molar-refractivity contribution is -0.384. The van der Waals surface area contributed by atoms with Crippen molar-refractivity contribution in [2.75, 3.05) is 22.3 Å². The summed E-state index contributed by atoms with van der Waals surface area (Å²) in [5.41, 5.74) is 4.11. The molecule has 150 valence electrons. The number of thioether (sulfide) groups is 1. The number of amides is 1. The van der Waals surface area contributed by atoms with Gasteiger partial charge in [0.2, 0.25) is 11.1 Å². The number of anilines is 2. The number of rotatable bonds is 8. The fraction of sp³-hybridized carbons (Fsp3) is 0.133. The van der Waals surface area contributed by atoms with E-state index in [2.05, 4.69) is 31.0 Å². The predicted octanol–water partition coefficient (Wildman–Crippen LogP) is 1.84. The number of aryl methyl sites for hydroxylation is 1. The highest BCUT2D eigenvalue weighted by atomic mass is 32.2. The number of nitrogens with zero attached hydrogens (tertiary/aromatic N) is 6. The van der Waals surface area contributed by atoms with Crippen molar-refractivity contribution in [2.45, 2.75) is 12.1 Å². The van der Waals surface area contributed by atoms with Gasteiger partial charge in [0.1, 0.15) is 0 Å². The molecule has 0 unspecified atom stereocenters. The van der Waals surface area contributed by atoms with Gasteiger partial charge in [-0.2, -0.15) is 5.10 Å². The van der Waals surface area contributed by atoms with Crippen molar-refractivity contribution in [1.29, 1.82) is 0 Å². The lowest BCUT2D eigenvalue weighted by atomic mass is 10.2. The molecule has 0 atom stereocenters. The van der Waals surface area contributed by atoms with Gasteiger partial charge in [-0.3, -0.25) is 14.9 Å². The molecule has 29 heavy (non-hydrogen) atoms. The van der Waals surface area contributed by atoms with E-state index in [9.17, 15) is 14.9 Å². The lowest BCUT2D eigenvalue weighted by Gasteiger charge is -2.03. The number of benzene rings is 1. The number of aromatic nitrogens is 4. The van der Waals surface area contributed by atoms with E-state index in [0.717, 1.165) is 17.5 Å². The number of carbonyl (C=O) groups excluding carboxylic acids is 1. The van der Waals surface area contributed by atoms with Gasteiger partial charge in [-0.15, -0.1) is 21.5 Å². The van der Waals surface area contributed by atoms with Crippen LogP contribution in [0.1, 0.15) is 11.3 Å². The molecule has 0 fully saturated rings. The van der Waals surface area contributed by atoms with Gasteiger partial charge in [0.05, 0.1) is 22.6 Å². The topological polar surface area (TPSA) is 166 Å². The molecule has 0 bridgehead atoms. The van der Waals surface area contributed by atoms with Crippen molar-refractivity contribution < 1.29 is 9.72 Å². The minimum atomic E-state index is -0.479. The van der Waals surface area contributed by atoms with Crippen molar-refractivity contribution >= 4 is 52.0 Å². The molecule has 2 aromatic heterocycles. The third kappa shape index (κ3) is 5.49. The number of nitro benzene ring substituents is 1. The van der Waals surface area contributed by atoms with Gasteiger partial charge >= 0.3 is 0 Å². The van der Waals surface area contributed by atoms with Gasteiger partial charge in [0.25, 0.3) is 11.6 Å². The van der Waals surface area contributed by atoms with E-state index in [0.29, 0.717) is 15.9 Å². The maximum Gasteiger partial charge on any atom is 0.269 e. The Morgan fingerprint density at radius 3 is 2.83 bits per heavy atom. The van der Waals surface area contributed by atoms with Crippen LogP contribution in [0, 0.1) is 17.0 Å². The Kier molecular flexibility index (Phi) is 6.36. The number of non-ortho nitro benzene ring substituents is 1. The molecule has 0 radical (unpaired) electrons. The molecule has 3 rings (SSSR count). The Bertz CT molecular complexity index is 1050. The molecule has 14 heteroatoms. The van der Waals surface area contributed by atoms with Crippen LogP contribution < -0.4 is 16.6 Å². The maximum absolute atomic E-state index is 12.0. The van der Waals surface area contributed by atoms with E-state index < -0.39 is 4.92 Å². The zero-order valence-corrected chi connectivity index (χ0v) is 16.6. The maximum atomic E-state index is 12.0. The zero-order valence-electron chi connectivity index (χ0n) is 15.0. The number of hydrogen-bond acceptors (Lipinski definition) is 11. The first kappa shape index (κ1) is 20.2. The zero-order chi connectivity index (χ0) is 20.8. The minimum absolute atomic E-state index is 0.00694. The van der Waals surface area contributed by atoms with Crippen molar-refractivity contribution in [2.24, 2.45) is 5.10 Å². The predicted molar refractivity (Wildman–Crippen MR) is 111 cm³/mol. The van der Waals surface area contributed by atoms with Crippen LogP contribution in [0.2, 0.25) is 0 Å². The van der Waals surface area contributed by atoms with Crippen molar-refractivity contribution in [3.8, 4) is 0 Å². The number of nitrogens with two attached hydrogens (primary N) is 1. The van der Waals surface area contributed by atoms with Gasteiger partial charge in [0.15, 0.2) is 5.13 Å². The second-order valence-corrected chi connectivity index (χ2v) is 7.33. The van der Waals surface area contributed by atoms with Gasteiger partial charge in [-0.1, -0.05) is 11.8 Å². The van der Waals surface area contributed by atoms with Crippen molar-refractivity contribution in [3.63, 3.8) is 0 Å². The molecule has 0 aliphatic rings. The molecule has 12 nitrogen and oxygen atoms in total. The Morgan fingerprint density at radius 1 is 1.41 bits per heavy atom. The standard InChI is InChI=1S/C15H15N9O3S2/c1-9-7-28-14(18-9)19-12(25)8-29-15-22-21-13(23(15)16)20-17-6-10-2-4-11(5-3-10)24(26)27/h2-7H,8,16H2,1H3,(H,20,21)(H,18,19,25)/b17-6+. The molecule has 0 spiro atoms. The van der Waals surface area contributed by atoms with Crippen LogP contribution in [0.3, 0.4) is 0 Å². The monoisotopic (exact) mass is 433 g/mol. The summed E-state index contributed by atoms with van der Waals surface area (Å²) >= 11 is 2.46. The van der Waals surface area contributed by atoms with Crippen LogP contribution >= 0.6 is 23.1 Å². The first-order valence-electron chi connectivity index (χ1n) is 8.01. The normalized spacial score (nSPS) is 10.9. The second-order valence-electron chi connectivity index (χ2n) is 5.53. The summed E-state index contributed by atoms with van der Waals surface area (Å²) in [7, 11) is 0. The first-order chi connectivity index (χ1) is 13.9. The number of nitrogens with one attached hydrogen (secondary N) is 2. The number of thiazole rings is 1. The molecule has 1 amide bonds. The van der Waals surface area contributed by atoms with E-state index in [1.54, 1.807) is 12.1 Å². The third-order valence-corrected chi connectivity index (χ3v) is 5.16. The number of nitro groups is 1. The SMILES string of the molecule is Cc1csc(NC(=O)CSc2nnc(N/N=C/c3ccc([N+](=O)[O-])cc3)n2N)n1. The smallest absolute Gasteiger partial charge is 0.269 e. The Morgan fingerprint density at radius 2 is 2.17 bits per heavy atom. The van der Waals surface area contributed by atoms with E-state index in [4.69, 9.17) is 5.84 Å². The summed E-state index contributed by atoms with van der Waals surface area (Å²) in [6, 6.07) is 5.86. The fourth-order valence-corrected chi connectivity index (χ4v) is 3.36. The Balaban J connectivity index is 1.52. The summed E-state index contributed by atoms with van der Waals surface area (Å²) in [6.45, 7) is 1.84. The van der Waals surface area contributed by atoms with Crippen LogP contribution in [0.5, 0.6) is 0 Å². The molecule has 0 aliphatic carbocycles. The third-order valence-electron chi connectivity index (χ3n) is 3.34. The lowest BCUT2D eigenvalue weighted by Crippen LogP contribution is -2.16. The summed E-state index contributed by atoms with van der Waals surface area (Å²) in [4.78, 5) is 26.3. The summed E-state index contributed by atoms with van der Waals surface area (Å²) in [5, 5.41) is 27.8. The Labute approximate surface area is 172 Å². The van der Waals surface area contributed by atoms with E-state index in [1.807, 2.05) is 12.3 Å². The molecule has 0 saturated heterocycles. The van der Waals surface area contributed by atoms with Gasteiger partial charge in [0, 0.05) is 17.5 Å². The van der Waals surface area contributed by atoms with Gasteiger partial charge in [-0.25, -0.2) is 15.1 Å². The minimum Gasteiger partial charge on any atom is -0.334 e.